The van der Waals surface area contributed by atoms with Crippen LogP contribution < -0.4 is 5.43 Å². The van der Waals surface area contributed by atoms with Crippen molar-refractivity contribution < 1.29 is 9.53 Å². The van der Waals surface area contributed by atoms with Crippen LogP contribution in [0.4, 0.5) is 0 Å². The SMILES string of the molecule is CCOC(=O)C1CCN(C2(C)CCCC2)N1. The third-order valence-corrected chi connectivity index (χ3v) is 3.86. The minimum Gasteiger partial charge on any atom is -0.465 e. The summed E-state index contributed by atoms with van der Waals surface area (Å²) in [6.45, 7) is 5.57. The second-order valence-electron chi connectivity index (χ2n) is 5.08. The first-order chi connectivity index (χ1) is 7.65. The van der Waals surface area contributed by atoms with Crippen molar-refractivity contribution in [3.63, 3.8) is 0 Å². The van der Waals surface area contributed by atoms with E-state index in [2.05, 4.69) is 17.4 Å². The number of carbonyl (C=O) groups is 1. The number of hydrazine groups is 1. The summed E-state index contributed by atoms with van der Waals surface area (Å²) in [6, 6.07) is -0.127. The van der Waals surface area contributed by atoms with Crippen LogP contribution in [0.2, 0.25) is 0 Å². The van der Waals surface area contributed by atoms with E-state index in [-0.39, 0.29) is 17.6 Å². The van der Waals surface area contributed by atoms with E-state index < -0.39 is 0 Å². The lowest BCUT2D eigenvalue weighted by molar-refractivity contribution is -0.146. The Labute approximate surface area is 97.3 Å². The molecule has 1 unspecified atom stereocenters. The van der Waals surface area contributed by atoms with Crippen LogP contribution >= 0.6 is 0 Å². The van der Waals surface area contributed by atoms with Crippen LogP contribution in [0, 0.1) is 0 Å². The number of ether oxygens (including phenoxy) is 1. The van der Waals surface area contributed by atoms with Crippen LogP contribution in [0.1, 0.15) is 46.0 Å². The maximum absolute atomic E-state index is 11.6. The van der Waals surface area contributed by atoms with Crippen LogP contribution in [0.3, 0.4) is 0 Å². The van der Waals surface area contributed by atoms with Gasteiger partial charge in [0, 0.05) is 12.1 Å². The minimum absolute atomic E-state index is 0.105. The lowest BCUT2D eigenvalue weighted by Crippen LogP contribution is -2.51. The van der Waals surface area contributed by atoms with Gasteiger partial charge in [0.1, 0.15) is 6.04 Å². The summed E-state index contributed by atoms with van der Waals surface area (Å²) in [5.74, 6) is -0.105. The Bertz CT molecular complexity index is 262. The van der Waals surface area contributed by atoms with Crippen molar-refractivity contribution >= 4 is 5.97 Å². The number of nitrogens with zero attached hydrogens (tertiary/aromatic N) is 1. The van der Waals surface area contributed by atoms with Crippen molar-refractivity contribution in [2.75, 3.05) is 13.2 Å². The molecule has 4 nitrogen and oxygen atoms in total. The molecule has 1 aliphatic carbocycles. The molecular weight excluding hydrogens is 204 g/mol. The summed E-state index contributed by atoms with van der Waals surface area (Å²) < 4.78 is 5.04. The van der Waals surface area contributed by atoms with Crippen LogP contribution in [-0.2, 0) is 9.53 Å². The van der Waals surface area contributed by atoms with E-state index in [0.29, 0.717) is 6.61 Å². The zero-order valence-electron chi connectivity index (χ0n) is 10.3. The third-order valence-electron chi connectivity index (χ3n) is 3.86. The summed E-state index contributed by atoms with van der Waals surface area (Å²) >= 11 is 0. The molecule has 1 saturated carbocycles. The van der Waals surface area contributed by atoms with Crippen molar-refractivity contribution in [2.45, 2.75) is 57.5 Å². The van der Waals surface area contributed by atoms with Crippen molar-refractivity contribution in [1.82, 2.24) is 10.4 Å². The Morgan fingerprint density at radius 2 is 2.19 bits per heavy atom. The smallest absolute Gasteiger partial charge is 0.324 e. The van der Waals surface area contributed by atoms with E-state index in [9.17, 15) is 4.79 Å². The molecule has 2 rings (SSSR count). The molecule has 0 spiro atoms. The number of hydrogen-bond donors (Lipinski definition) is 1. The molecule has 1 N–H and O–H groups in total. The van der Waals surface area contributed by atoms with Gasteiger partial charge in [-0.3, -0.25) is 4.79 Å². The molecule has 4 heteroatoms. The molecule has 16 heavy (non-hydrogen) atoms. The highest BCUT2D eigenvalue weighted by molar-refractivity contribution is 5.76. The fraction of sp³-hybridized carbons (Fsp3) is 0.917. The van der Waals surface area contributed by atoms with Gasteiger partial charge in [0.25, 0.3) is 0 Å². The normalized spacial score (nSPS) is 29.5. The largest absolute Gasteiger partial charge is 0.465 e. The van der Waals surface area contributed by atoms with Gasteiger partial charge in [-0.15, -0.1) is 0 Å². The first kappa shape index (κ1) is 11.9. The van der Waals surface area contributed by atoms with Gasteiger partial charge >= 0.3 is 5.97 Å². The Balaban J connectivity index is 1.90. The zero-order chi connectivity index (χ0) is 11.6. The number of hydrogen-bond acceptors (Lipinski definition) is 4. The van der Waals surface area contributed by atoms with E-state index in [1.807, 2.05) is 6.92 Å². The van der Waals surface area contributed by atoms with Crippen molar-refractivity contribution in [3.8, 4) is 0 Å². The van der Waals surface area contributed by atoms with Gasteiger partial charge in [0.15, 0.2) is 0 Å². The topological polar surface area (TPSA) is 41.6 Å². The Hall–Kier alpha value is -0.610. The van der Waals surface area contributed by atoms with Crippen LogP contribution in [-0.4, -0.2) is 35.7 Å². The van der Waals surface area contributed by atoms with Gasteiger partial charge in [0.05, 0.1) is 6.61 Å². The molecule has 1 heterocycles. The minimum atomic E-state index is -0.127. The standard InChI is InChI=1S/C12H22N2O2/c1-3-16-11(15)10-6-9-14(13-10)12(2)7-4-5-8-12/h10,13H,3-9H2,1-2H3. The van der Waals surface area contributed by atoms with Crippen molar-refractivity contribution in [1.29, 1.82) is 0 Å². The second-order valence-corrected chi connectivity index (χ2v) is 5.08. The third kappa shape index (κ3) is 2.23. The summed E-state index contributed by atoms with van der Waals surface area (Å²) in [6.07, 6.45) is 5.94. The van der Waals surface area contributed by atoms with Gasteiger partial charge in [0.2, 0.25) is 0 Å². The van der Waals surface area contributed by atoms with E-state index in [0.717, 1.165) is 13.0 Å². The zero-order valence-corrected chi connectivity index (χ0v) is 10.3. The lowest BCUT2D eigenvalue weighted by Gasteiger charge is -2.35. The van der Waals surface area contributed by atoms with Crippen molar-refractivity contribution in [2.24, 2.45) is 0 Å². The highest BCUT2D eigenvalue weighted by atomic mass is 16.5. The highest BCUT2D eigenvalue weighted by Gasteiger charge is 2.40. The summed E-state index contributed by atoms with van der Waals surface area (Å²) in [4.78, 5) is 11.6. The Kier molecular flexibility index (Phi) is 3.50. The fourth-order valence-electron chi connectivity index (χ4n) is 2.82. The molecule has 2 fully saturated rings. The van der Waals surface area contributed by atoms with Gasteiger partial charge < -0.3 is 4.74 Å². The van der Waals surface area contributed by atoms with Gasteiger partial charge in [-0.05, 0) is 33.1 Å². The quantitative estimate of drug-likeness (QED) is 0.740. The molecule has 0 aromatic heterocycles. The van der Waals surface area contributed by atoms with E-state index in [4.69, 9.17) is 4.74 Å². The molecule has 0 radical (unpaired) electrons. The van der Waals surface area contributed by atoms with Gasteiger partial charge in [-0.25, -0.2) is 10.4 Å². The summed E-state index contributed by atoms with van der Waals surface area (Å²) in [5.41, 5.74) is 3.57. The average Bonchev–Trinajstić information content (AvgIpc) is 2.86. The van der Waals surface area contributed by atoms with Crippen LogP contribution in [0.25, 0.3) is 0 Å². The number of rotatable bonds is 3. The molecule has 0 aromatic rings. The maximum atomic E-state index is 11.6. The molecule has 92 valence electrons. The predicted molar refractivity (Wildman–Crippen MR) is 61.8 cm³/mol. The highest BCUT2D eigenvalue weighted by Crippen LogP contribution is 2.35. The molecule has 1 saturated heterocycles. The average molecular weight is 226 g/mol. The summed E-state index contributed by atoms with van der Waals surface area (Å²) in [5, 5.41) is 2.27. The number of carbonyl (C=O) groups excluding carboxylic acids is 1. The van der Waals surface area contributed by atoms with Crippen molar-refractivity contribution in [3.05, 3.63) is 0 Å². The van der Waals surface area contributed by atoms with Crippen LogP contribution in [0.15, 0.2) is 0 Å². The summed E-state index contributed by atoms with van der Waals surface area (Å²) in [7, 11) is 0. The molecule has 0 bridgehead atoms. The van der Waals surface area contributed by atoms with Gasteiger partial charge in [-0.2, -0.15) is 0 Å². The molecule has 1 atom stereocenters. The van der Waals surface area contributed by atoms with Crippen LogP contribution in [0.5, 0.6) is 0 Å². The first-order valence-corrected chi connectivity index (χ1v) is 6.36. The predicted octanol–water partition coefficient (Wildman–Crippen LogP) is 1.46. The first-order valence-electron chi connectivity index (χ1n) is 6.36. The number of esters is 1. The van der Waals surface area contributed by atoms with E-state index in [1.165, 1.54) is 25.7 Å². The molecule has 0 aromatic carbocycles. The lowest BCUT2D eigenvalue weighted by atomic mass is 10.0. The molecular formula is C12H22N2O2. The molecule has 2 aliphatic rings. The Morgan fingerprint density at radius 1 is 1.50 bits per heavy atom. The van der Waals surface area contributed by atoms with E-state index >= 15 is 0 Å². The maximum Gasteiger partial charge on any atom is 0.324 e. The van der Waals surface area contributed by atoms with Gasteiger partial charge in [-0.1, -0.05) is 12.8 Å². The Morgan fingerprint density at radius 3 is 2.81 bits per heavy atom. The molecule has 0 amide bonds. The number of nitrogens with one attached hydrogen (secondary N) is 1. The van der Waals surface area contributed by atoms with E-state index in [1.54, 1.807) is 0 Å². The fourth-order valence-corrected chi connectivity index (χ4v) is 2.82. The second kappa shape index (κ2) is 4.72. The molecule has 1 aliphatic heterocycles. The monoisotopic (exact) mass is 226 g/mol.